The second-order valence-electron chi connectivity index (χ2n) is 33.6. The Morgan fingerprint density at radius 3 is 1.32 bits per heavy atom. The molecule has 3 aliphatic heterocycles. The van der Waals surface area contributed by atoms with Gasteiger partial charge in [0, 0.05) is 67.9 Å². The van der Waals surface area contributed by atoms with Gasteiger partial charge in [0.25, 0.3) is 0 Å². The van der Waals surface area contributed by atoms with Crippen molar-refractivity contribution in [3.63, 3.8) is 0 Å². The Hall–Kier alpha value is -10.9. The monoisotopic (exact) mass is 1660 g/mol. The maximum absolute atomic E-state index is 15.1. The van der Waals surface area contributed by atoms with E-state index < -0.39 is 210 Å². The third-order valence-electron chi connectivity index (χ3n) is 21.6. The highest BCUT2D eigenvalue weighted by Crippen LogP contribution is 2.27. The summed E-state index contributed by atoms with van der Waals surface area (Å²) >= 11 is 0. The zero-order chi connectivity index (χ0) is 87.8. The molecule has 15 atom stereocenters. The van der Waals surface area contributed by atoms with Gasteiger partial charge in [0.05, 0.1) is 25.6 Å². The maximum atomic E-state index is 15.1. The fraction of sp³-hybridized carbons (Fsp3) is 0.614. The van der Waals surface area contributed by atoms with Crippen LogP contribution in [0.5, 0.6) is 0 Å². The van der Waals surface area contributed by atoms with Crippen molar-refractivity contribution in [1.82, 2.24) is 88.1 Å². The fourth-order valence-corrected chi connectivity index (χ4v) is 15.2. The molecule has 18 N–H and O–H groups in total. The predicted molar refractivity (Wildman–Crippen MR) is 438 cm³/mol. The number of nitrogens with two attached hydrogens (primary N) is 1. The highest BCUT2D eigenvalue weighted by atomic mass is 16.4. The molecule has 0 saturated carbocycles. The van der Waals surface area contributed by atoms with Crippen molar-refractivity contribution in [1.29, 1.82) is 0 Å². The summed E-state index contributed by atoms with van der Waals surface area (Å²) in [4.78, 5) is 227. The van der Waals surface area contributed by atoms with Crippen LogP contribution in [0.25, 0.3) is 10.9 Å². The van der Waals surface area contributed by atoms with Crippen molar-refractivity contribution in [2.24, 2.45) is 41.2 Å². The molecule has 119 heavy (non-hydrogen) atoms. The van der Waals surface area contributed by atoms with E-state index in [4.69, 9.17) is 5.73 Å². The van der Waals surface area contributed by atoms with Gasteiger partial charge in [-0.1, -0.05) is 132 Å². The minimum absolute atomic E-state index is 0.0192. The van der Waals surface area contributed by atoms with Gasteiger partial charge in [-0.05, 0) is 117 Å². The molecule has 7 rings (SSSR count). The Morgan fingerprint density at radius 2 is 0.849 bits per heavy atom. The molecule has 3 saturated heterocycles. The number of H-pyrrole nitrogens is 2. The number of aliphatic hydroxyl groups is 2. The predicted octanol–water partition coefficient (Wildman–Crippen LogP) is -0.253. The molecule has 36 nitrogen and oxygen atoms in total. The third kappa shape index (κ3) is 26.8. The van der Waals surface area contributed by atoms with E-state index in [1.165, 1.54) is 34.1 Å². The summed E-state index contributed by atoms with van der Waals surface area (Å²) in [7, 11) is 0. The number of fused-ring (bicyclic) bond motifs is 1. The molecule has 36 heteroatoms. The van der Waals surface area contributed by atoms with Gasteiger partial charge in [0.1, 0.15) is 84.6 Å². The van der Waals surface area contributed by atoms with E-state index in [0.29, 0.717) is 47.0 Å². The molecule has 0 bridgehead atoms. The third-order valence-corrected chi connectivity index (χ3v) is 21.6. The summed E-state index contributed by atoms with van der Waals surface area (Å²) < 4.78 is 0. The Morgan fingerprint density at radius 1 is 0.445 bits per heavy atom. The van der Waals surface area contributed by atoms with Crippen LogP contribution >= 0.6 is 0 Å². The van der Waals surface area contributed by atoms with Crippen LogP contribution in [0.4, 0.5) is 0 Å². The number of rotatable bonds is 43. The number of aromatic nitrogens is 3. The topological polar surface area (TPSA) is 529 Å². The van der Waals surface area contributed by atoms with Gasteiger partial charge in [-0.2, -0.15) is 0 Å². The second kappa shape index (κ2) is 44.8. The van der Waals surface area contributed by atoms with Gasteiger partial charge < -0.3 is 104 Å². The molecule has 14 amide bonds. The normalized spacial score (nSPS) is 18.5. The maximum Gasteiger partial charge on any atom is 0.326 e. The Kier molecular flexibility index (Phi) is 35.9. The van der Waals surface area contributed by atoms with Crippen LogP contribution in [0.3, 0.4) is 0 Å². The van der Waals surface area contributed by atoms with E-state index in [0.717, 1.165) is 0 Å². The largest absolute Gasteiger partial charge is 0.480 e. The number of carbonyl (C=O) groups is 15. The number of amides is 14. The molecule has 0 radical (unpaired) electrons. The van der Waals surface area contributed by atoms with Crippen LogP contribution in [0.15, 0.2) is 73.3 Å². The average Bonchev–Trinajstić information content (AvgIpc) is 1.73. The lowest BCUT2D eigenvalue weighted by Crippen LogP contribution is -2.62. The quantitative estimate of drug-likeness (QED) is 0.0272. The number of carbonyl (C=O) groups excluding carboxylic acids is 14. The number of nitrogens with zero attached hydrogens (tertiary/aromatic N) is 4. The lowest BCUT2D eigenvalue weighted by molar-refractivity contribution is -0.150. The molecular weight excluding hydrogens is 1540 g/mol. The summed E-state index contributed by atoms with van der Waals surface area (Å²) in [6.07, 6.45) is 4.30. The standard InChI is InChI=1S/C83H124N18O18/c1-43(2)32-55(70(105)91-60(37-52-40-85-42-87-52)75(110)97-68(48(11)12)81(116)101-31-21-28-64(101)83(118)119)90-76(111)61(41-102)94-72(107)59(36-51-39-86-54-25-18-17-24-53(51)54)92-77(112)62-26-19-29-99(62)80(115)67(47(9)10)96-73(108)57(34-45(5)6)93-79(114)66(46(7)8)95-78(113)63-27-20-30-100(63)82(117)69(49(13)103)98-74(109)56(33-44(3)4)89-71(106)58(88-65(104)38-84)35-50-22-15-14-16-23-50/h14-18,22-25,39-40,42-49,55-64,66-69,86,102-103H,19-21,26-38,41,84H2,1-13H3,(H,85,87)(H,88,104)(H,89,106)(H,90,111)(H,91,105)(H,92,112)(H,93,114)(H,94,107)(H,95,113)(H,96,108)(H,97,110)(H,98,109)(H,118,119)/t49-,55+,56+,57+,58+,59+,60+,61+,62+,63+,64+,66+,67+,68+,69+/m1/s1. The molecule has 0 unspecified atom stereocenters. The number of aromatic amines is 2. The first-order valence-corrected chi connectivity index (χ1v) is 41.3. The Labute approximate surface area is 693 Å². The second-order valence-corrected chi connectivity index (χ2v) is 33.6. The summed E-state index contributed by atoms with van der Waals surface area (Å²) in [6, 6.07) is -2.61. The number of likely N-dealkylation sites (tertiary alicyclic amines) is 3. The summed E-state index contributed by atoms with van der Waals surface area (Å²) in [6.45, 7) is 20.9. The van der Waals surface area contributed by atoms with E-state index in [-0.39, 0.29) is 95.2 Å². The smallest absolute Gasteiger partial charge is 0.326 e. The summed E-state index contributed by atoms with van der Waals surface area (Å²) in [5.74, 6) is -14.5. The molecule has 2 aromatic carbocycles. The van der Waals surface area contributed by atoms with Gasteiger partial charge in [0.2, 0.25) is 82.7 Å². The van der Waals surface area contributed by atoms with Crippen molar-refractivity contribution in [2.45, 2.75) is 258 Å². The first-order chi connectivity index (χ1) is 56.3. The van der Waals surface area contributed by atoms with Crippen LogP contribution in [-0.4, -0.2) is 257 Å². The number of nitrogens with one attached hydrogen (secondary N) is 13. The molecule has 0 spiro atoms. The Bertz CT molecular complexity index is 4170. The Balaban J connectivity index is 1.03. The number of hydrogen-bond donors (Lipinski definition) is 17. The first kappa shape index (κ1) is 95.3. The minimum atomic E-state index is -1.75. The van der Waals surface area contributed by atoms with E-state index >= 15 is 4.79 Å². The number of carboxylic acids is 1. The zero-order valence-electron chi connectivity index (χ0n) is 70.4. The first-order valence-electron chi connectivity index (χ1n) is 41.3. The molecular formula is C83H124N18O18. The number of carboxylic acid groups (broad SMARTS) is 1. The van der Waals surface area contributed by atoms with Gasteiger partial charge in [-0.25, -0.2) is 9.78 Å². The number of hydrogen-bond acceptors (Lipinski definition) is 19. The van der Waals surface area contributed by atoms with Crippen molar-refractivity contribution in [3.05, 3.63) is 90.1 Å². The van der Waals surface area contributed by atoms with E-state index in [9.17, 15) is 82.4 Å². The van der Waals surface area contributed by atoms with Crippen LogP contribution in [0.1, 0.15) is 165 Å². The number of aliphatic hydroxyl groups excluding tert-OH is 2. The highest BCUT2D eigenvalue weighted by Gasteiger charge is 2.46. The van der Waals surface area contributed by atoms with Gasteiger partial charge in [0.15, 0.2) is 0 Å². The van der Waals surface area contributed by atoms with E-state index in [1.54, 1.807) is 116 Å². The lowest BCUT2D eigenvalue weighted by atomic mass is 9.97. The van der Waals surface area contributed by atoms with Crippen molar-refractivity contribution < 1.29 is 87.2 Å². The SMILES string of the molecule is CC(C)C[C@H](NC(=O)[C@H](CO)NC(=O)[C@H](Cc1c[nH]c2ccccc12)NC(=O)[C@@H]1CCCN1C(=O)[C@@H](NC(=O)[C@H](CC(C)C)NC(=O)[C@@H](NC(=O)[C@@H]1CCCN1C(=O)[C@@H](NC(=O)[C@H](CC(C)C)NC(=O)[C@H](Cc1ccccc1)NC(=O)CN)[C@@H](C)O)C(C)C)C(C)C)C(=O)N[C@@H](Cc1cnc[nH]1)C(=O)N[C@H](C(=O)N1CCC[C@H]1C(=O)O)C(C)C. The number of benzene rings is 2. The lowest BCUT2D eigenvalue weighted by Gasteiger charge is -2.33. The number of para-hydroxylation sites is 1. The molecule has 3 fully saturated rings. The van der Waals surface area contributed by atoms with Crippen molar-refractivity contribution >= 4 is 99.6 Å². The molecule has 654 valence electrons. The molecule has 3 aliphatic rings. The average molecular weight is 1660 g/mol. The van der Waals surface area contributed by atoms with E-state index in [2.05, 4.69) is 73.4 Å². The van der Waals surface area contributed by atoms with Crippen LogP contribution in [-0.2, 0) is 91.2 Å². The molecule has 5 heterocycles. The summed E-state index contributed by atoms with van der Waals surface area (Å²) in [5, 5.41) is 62.3. The van der Waals surface area contributed by atoms with Gasteiger partial charge in [-0.15, -0.1) is 0 Å². The van der Waals surface area contributed by atoms with Crippen molar-refractivity contribution in [3.8, 4) is 0 Å². The van der Waals surface area contributed by atoms with Crippen LogP contribution in [0.2, 0.25) is 0 Å². The van der Waals surface area contributed by atoms with Crippen molar-refractivity contribution in [2.75, 3.05) is 32.8 Å². The zero-order valence-corrected chi connectivity index (χ0v) is 70.4. The number of aliphatic carboxylic acids is 1. The van der Waals surface area contributed by atoms with E-state index in [1.807, 2.05) is 27.7 Å². The van der Waals surface area contributed by atoms with Crippen LogP contribution < -0.4 is 64.2 Å². The molecule has 0 aliphatic carbocycles. The molecule has 4 aromatic rings. The van der Waals surface area contributed by atoms with Gasteiger partial charge >= 0.3 is 5.97 Å². The highest BCUT2D eigenvalue weighted by molar-refractivity contribution is 6.01. The fourth-order valence-electron chi connectivity index (χ4n) is 15.2. The van der Waals surface area contributed by atoms with Gasteiger partial charge in [-0.3, -0.25) is 67.1 Å². The molecule has 2 aromatic heterocycles. The van der Waals surface area contributed by atoms with Crippen LogP contribution in [0, 0.1) is 35.5 Å². The number of imidazole rings is 1. The summed E-state index contributed by atoms with van der Waals surface area (Å²) in [5.41, 5.74) is 7.96. The minimum Gasteiger partial charge on any atom is -0.480 e.